The number of nitrogens with zero attached hydrogens (tertiary/aromatic N) is 4. The highest BCUT2D eigenvalue weighted by Crippen LogP contribution is 2.40. The highest BCUT2D eigenvalue weighted by atomic mass is 19.1. The van der Waals surface area contributed by atoms with Crippen molar-refractivity contribution >= 4 is 17.0 Å². The maximum absolute atomic E-state index is 15.6. The van der Waals surface area contributed by atoms with Gasteiger partial charge in [0.2, 0.25) is 0 Å². The standard InChI is InChI=1S/C34H27F3N4O4/c1-34(2)18-44-17-29(34)41-28-12-23(33(42)43)9-10-27(28)39-30(41)13-21-7-8-22(11-24(21)35)31-25(36)14-26(37)32(40-31)45-16-20-5-3-19(15-38)4-6-20/h3-12,14,29H,13,16-18H2,1-2H3,(H,42,43)/t29-/m1/s1. The zero-order chi connectivity index (χ0) is 31.9. The molecule has 0 unspecified atom stereocenters. The van der Waals surface area contributed by atoms with Crippen LogP contribution in [0.2, 0.25) is 0 Å². The van der Waals surface area contributed by atoms with Gasteiger partial charge in [-0.15, -0.1) is 0 Å². The number of aromatic carboxylic acids is 1. The maximum Gasteiger partial charge on any atom is 0.335 e. The zero-order valence-electron chi connectivity index (χ0n) is 24.4. The Kier molecular flexibility index (Phi) is 7.76. The van der Waals surface area contributed by atoms with E-state index in [2.05, 4.69) is 4.98 Å². The number of carboxylic acids is 1. The lowest BCUT2D eigenvalue weighted by atomic mass is 9.87. The molecule has 2 aromatic heterocycles. The molecular weight excluding hydrogens is 585 g/mol. The summed E-state index contributed by atoms with van der Waals surface area (Å²) in [5, 5.41) is 18.5. The minimum absolute atomic E-state index is 0.0636. The van der Waals surface area contributed by atoms with E-state index >= 15 is 4.39 Å². The summed E-state index contributed by atoms with van der Waals surface area (Å²) in [4.78, 5) is 20.5. The molecule has 1 aliphatic rings. The van der Waals surface area contributed by atoms with Crippen molar-refractivity contribution in [2.24, 2.45) is 5.41 Å². The normalized spacial score (nSPS) is 15.7. The molecule has 0 radical (unpaired) electrons. The molecule has 3 heterocycles. The molecule has 1 atom stereocenters. The smallest absolute Gasteiger partial charge is 0.335 e. The third kappa shape index (κ3) is 5.84. The van der Waals surface area contributed by atoms with Gasteiger partial charge in [0, 0.05) is 23.5 Å². The van der Waals surface area contributed by atoms with Crippen LogP contribution in [0.4, 0.5) is 13.2 Å². The average Bonchev–Trinajstić information content (AvgIpc) is 3.55. The number of benzene rings is 3. The van der Waals surface area contributed by atoms with Gasteiger partial charge in [-0.25, -0.2) is 27.9 Å². The Hall–Kier alpha value is -5.21. The van der Waals surface area contributed by atoms with Crippen LogP contribution in [0, 0.1) is 34.2 Å². The number of ether oxygens (including phenoxy) is 2. The van der Waals surface area contributed by atoms with Crippen molar-refractivity contribution in [2.75, 3.05) is 13.2 Å². The van der Waals surface area contributed by atoms with E-state index in [4.69, 9.17) is 19.7 Å². The second-order valence-electron chi connectivity index (χ2n) is 11.6. The average molecular weight is 613 g/mol. The molecule has 1 N–H and O–H groups in total. The summed E-state index contributed by atoms with van der Waals surface area (Å²) in [6, 6.07) is 17.7. The van der Waals surface area contributed by atoms with Crippen molar-refractivity contribution in [1.29, 1.82) is 5.26 Å². The summed E-state index contributed by atoms with van der Waals surface area (Å²) in [6.45, 7) is 4.89. The fourth-order valence-corrected chi connectivity index (χ4v) is 5.52. The number of fused-ring (bicyclic) bond motifs is 1. The van der Waals surface area contributed by atoms with Crippen molar-refractivity contribution in [2.45, 2.75) is 32.9 Å². The van der Waals surface area contributed by atoms with E-state index in [1.807, 2.05) is 24.5 Å². The van der Waals surface area contributed by atoms with E-state index in [1.165, 1.54) is 18.2 Å². The first-order valence-electron chi connectivity index (χ1n) is 14.1. The van der Waals surface area contributed by atoms with Gasteiger partial charge in [-0.05, 0) is 47.5 Å². The second kappa shape index (κ2) is 11.7. The molecule has 228 valence electrons. The van der Waals surface area contributed by atoms with Gasteiger partial charge < -0.3 is 19.1 Å². The fourth-order valence-electron chi connectivity index (χ4n) is 5.52. The molecule has 0 spiro atoms. The molecule has 11 heteroatoms. The Labute approximate surface area is 256 Å². The maximum atomic E-state index is 15.6. The Morgan fingerprint density at radius 3 is 2.49 bits per heavy atom. The van der Waals surface area contributed by atoms with Gasteiger partial charge in [0.15, 0.2) is 11.6 Å². The first-order valence-corrected chi connectivity index (χ1v) is 14.1. The summed E-state index contributed by atoms with van der Waals surface area (Å²) >= 11 is 0. The van der Waals surface area contributed by atoms with E-state index in [0.717, 1.165) is 6.07 Å². The molecule has 45 heavy (non-hydrogen) atoms. The first kappa shape index (κ1) is 29.8. The van der Waals surface area contributed by atoms with Gasteiger partial charge in [-0.2, -0.15) is 5.26 Å². The number of halogens is 3. The van der Waals surface area contributed by atoms with Gasteiger partial charge in [0.1, 0.15) is 23.9 Å². The van der Waals surface area contributed by atoms with E-state index < -0.39 is 29.3 Å². The number of imidazole rings is 1. The van der Waals surface area contributed by atoms with E-state index in [1.54, 1.807) is 36.4 Å². The molecule has 0 aliphatic carbocycles. The highest BCUT2D eigenvalue weighted by molar-refractivity contribution is 5.92. The van der Waals surface area contributed by atoms with Gasteiger partial charge in [-0.1, -0.05) is 38.1 Å². The van der Waals surface area contributed by atoms with E-state index in [9.17, 15) is 18.7 Å². The molecule has 3 aromatic carbocycles. The van der Waals surface area contributed by atoms with Crippen LogP contribution in [0.15, 0.2) is 66.7 Å². The molecule has 8 nitrogen and oxygen atoms in total. The predicted molar refractivity (Wildman–Crippen MR) is 158 cm³/mol. The monoisotopic (exact) mass is 612 g/mol. The lowest BCUT2D eigenvalue weighted by Gasteiger charge is -2.28. The zero-order valence-corrected chi connectivity index (χ0v) is 24.4. The summed E-state index contributed by atoms with van der Waals surface area (Å²) < 4.78 is 58.2. The Balaban J connectivity index is 1.31. The van der Waals surface area contributed by atoms with Crippen molar-refractivity contribution in [1.82, 2.24) is 14.5 Å². The molecule has 0 saturated carbocycles. The summed E-state index contributed by atoms with van der Waals surface area (Å²) in [7, 11) is 0. The van der Waals surface area contributed by atoms with Crippen molar-refractivity contribution in [3.63, 3.8) is 0 Å². The van der Waals surface area contributed by atoms with E-state index in [-0.39, 0.29) is 46.9 Å². The van der Waals surface area contributed by atoms with Crippen molar-refractivity contribution in [3.05, 3.63) is 112 Å². The molecule has 1 aliphatic heterocycles. The highest BCUT2D eigenvalue weighted by Gasteiger charge is 2.39. The molecule has 1 saturated heterocycles. The predicted octanol–water partition coefficient (Wildman–Crippen LogP) is 6.85. The molecule has 0 amide bonds. The van der Waals surface area contributed by atoms with Gasteiger partial charge in [-0.3, -0.25) is 0 Å². The number of rotatable bonds is 8. The number of nitriles is 1. The quantitative estimate of drug-likeness (QED) is 0.204. The summed E-state index contributed by atoms with van der Waals surface area (Å²) in [6.07, 6.45) is 0.0636. The molecule has 1 fully saturated rings. The minimum atomic E-state index is -1.07. The van der Waals surface area contributed by atoms with Crippen molar-refractivity contribution in [3.8, 4) is 23.2 Å². The van der Waals surface area contributed by atoms with E-state index in [0.29, 0.717) is 47.3 Å². The fraction of sp³-hybridized carbons (Fsp3) is 0.235. The lowest BCUT2D eigenvalue weighted by molar-refractivity contribution is 0.0697. The second-order valence-corrected chi connectivity index (χ2v) is 11.6. The summed E-state index contributed by atoms with van der Waals surface area (Å²) in [5.74, 6) is -3.64. The van der Waals surface area contributed by atoms with Gasteiger partial charge in [0.25, 0.3) is 5.88 Å². The van der Waals surface area contributed by atoms with Gasteiger partial charge >= 0.3 is 5.97 Å². The first-order chi connectivity index (χ1) is 21.5. The third-order valence-corrected chi connectivity index (χ3v) is 8.00. The van der Waals surface area contributed by atoms with Crippen LogP contribution in [-0.2, 0) is 17.8 Å². The largest absolute Gasteiger partial charge is 0.478 e. The minimum Gasteiger partial charge on any atom is -0.478 e. The molecule has 5 aromatic rings. The number of pyridine rings is 1. The Bertz CT molecular complexity index is 1980. The van der Waals surface area contributed by atoms with Crippen LogP contribution in [0.3, 0.4) is 0 Å². The number of carboxylic acid groups (broad SMARTS) is 1. The Morgan fingerprint density at radius 2 is 1.82 bits per heavy atom. The van der Waals surface area contributed by atoms with Crippen LogP contribution >= 0.6 is 0 Å². The molecule has 6 rings (SSSR count). The number of aromatic nitrogens is 3. The van der Waals surface area contributed by atoms with Gasteiger partial charge in [0.05, 0.1) is 47.5 Å². The number of hydrogen-bond donors (Lipinski definition) is 1. The van der Waals surface area contributed by atoms with Crippen LogP contribution in [0.5, 0.6) is 5.88 Å². The number of hydrogen-bond acceptors (Lipinski definition) is 6. The molecular formula is C34H27F3N4O4. The SMILES string of the molecule is CC1(C)COC[C@H]1n1c(Cc2ccc(-c3nc(OCc4ccc(C#N)cc4)c(F)cc3F)cc2F)nc2ccc(C(=O)O)cc21. The van der Waals surface area contributed by atoms with Crippen LogP contribution in [0.1, 0.15) is 52.8 Å². The lowest BCUT2D eigenvalue weighted by Crippen LogP contribution is -2.27. The Morgan fingerprint density at radius 1 is 1.04 bits per heavy atom. The summed E-state index contributed by atoms with van der Waals surface area (Å²) in [5.41, 5.74) is 2.17. The molecule has 0 bridgehead atoms. The van der Waals surface area contributed by atoms with Crippen LogP contribution in [-0.4, -0.2) is 38.8 Å². The number of carbonyl (C=O) groups is 1. The van der Waals surface area contributed by atoms with Crippen LogP contribution < -0.4 is 4.74 Å². The van der Waals surface area contributed by atoms with Crippen LogP contribution in [0.25, 0.3) is 22.3 Å². The van der Waals surface area contributed by atoms with Crippen molar-refractivity contribution < 1.29 is 32.5 Å². The third-order valence-electron chi connectivity index (χ3n) is 8.00. The topological polar surface area (TPSA) is 110 Å².